The zero-order valence-corrected chi connectivity index (χ0v) is 13.8. The summed E-state index contributed by atoms with van der Waals surface area (Å²) >= 11 is 0. The van der Waals surface area contributed by atoms with Crippen LogP contribution in [0.5, 0.6) is 0 Å². The van der Waals surface area contributed by atoms with Gasteiger partial charge in [0.25, 0.3) is 0 Å². The molecule has 1 aromatic heterocycles. The number of hydrogen-bond donors (Lipinski definition) is 2. The average molecular weight is 385 g/mol. The number of guanidine groups is 1. The van der Waals surface area contributed by atoms with Gasteiger partial charge in [-0.1, -0.05) is 30.3 Å². The molecule has 0 bridgehead atoms. The normalized spacial score (nSPS) is 10.9. The third-order valence-electron chi connectivity index (χ3n) is 2.75. The molecule has 1 heterocycles. The number of nitrogens with zero attached hydrogens (tertiary/aromatic N) is 3. The molecule has 0 spiro atoms. The first-order valence-corrected chi connectivity index (χ1v) is 6.29. The van der Waals surface area contributed by atoms with Crippen LogP contribution in [0.1, 0.15) is 11.1 Å². The van der Waals surface area contributed by atoms with E-state index in [0.717, 1.165) is 18.5 Å². The van der Waals surface area contributed by atoms with Gasteiger partial charge in [0.05, 0.1) is 12.7 Å². The zero-order valence-electron chi connectivity index (χ0n) is 11.5. The SMILES string of the molecule is Cn1cc(CCNC(N)=NCc2ccccc2)cn1.I. The van der Waals surface area contributed by atoms with Crippen molar-refractivity contribution in [1.29, 1.82) is 0 Å². The fourth-order valence-corrected chi connectivity index (χ4v) is 1.75. The molecule has 5 nitrogen and oxygen atoms in total. The van der Waals surface area contributed by atoms with E-state index in [4.69, 9.17) is 5.73 Å². The molecule has 0 aliphatic heterocycles. The first-order valence-electron chi connectivity index (χ1n) is 6.29. The second-order valence-electron chi connectivity index (χ2n) is 4.39. The molecular formula is C14H20IN5. The Morgan fingerprint density at radius 3 is 2.70 bits per heavy atom. The maximum absolute atomic E-state index is 5.81. The lowest BCUT2D eigenvalue weighted by Gasteiger charge is -2.04. The Morgan fingerprint density at radius 2 is 2.05 bits per heavy atom. The number of nitrogens with one attached hydrogen (secondary N) is 1. The van der Waals surface area contributed by atoms with E-state index < -0.39 is 0 Å². The van der Waals surface area contributed by atoms with Crippen molar-refractivity contribution in [1.82, 2.24) is 15.1 Å². The summed E-state index contributed by atoms with van der Waals surface area (Å²) in [6.07, 6.45) is 4.74. The van der Waals surface area contributed by atoms with Gasteiger partial charge in [0.2, 0.25) is 0 Å². The van der Waals surface area contributed by atoms with Gasteiger partial charge in [-0.25, -0.2) is 4.99 Å². The van der Waals surface area contributed by atoms with Crippen molar-refractivity contribution < 1.29 is 0 Å². The molecule has 0 unspecified atom stereocenters. The number of aryl methyl sites for hydroxylation is 1. The summed E-state index contributed by atoms with van der Waals surface area (Å²) in [5.41, 5.74) is 8.15. The van der Waals surface area contributed by atoms with Gasteiger partial charge in [0.1, 0.15) is 0 Å². The minimum atomic E-state index is 0. The Hall–Kier alpha value is -1.57. The first kappa shape index (κ1) is 16.5. The van der Waals surface area contributed by atoms with Gasteiger partial charge < -0.3 is 11.1 Å². The molecule has 0 saturated carbocycles. The molecule has 0 radical (unpaired) electrons. The van der Waals surface area contributed by atoms with Crippen LogP contribution in [-0.4, -0.2) is 22.3 Å². The van der Waals surface area contributed by atoms with Crippen molar-refractivity contribution in [3.63, 3.8) is 0 Å². The van der Waals surface area contributed by atoms with E-state index in [0.29, 0.717) is 12.5 Å². The highest BCUT2D eigenvalue weighted by atomic mass is 127. The molecule has 0 aliphatic carbocycles. The molecule has 2 rings (SSSR count). The number of hydrogen-bond acceptors (Lipinski definition) is 2. The van der Waals surface area contributed by atoms with Crippen LogP contribution in [-0.2, 0) is 20.0 Å². The summed E-state index contributed by atoms with van der Waals surface area (Å²) in [6.45, 7) is 1.36. The van der Waals surface area contributed by atoms with Crippen molar-refractivity contribution in [2.24, 2.45) is 17.8 Å². The molecule has 3 N–H and O–H groups in total. The monoisotopic (exact) mass is 385 g/mol. The molecule has 0 saturated heterocycles. The molecule has 1 aromatic carbocycles. The predicted octanol–water partition coefficient (Wildman–Crippen LogP) is 1.69. The van der Waals surface area contributed by atoms with E-state index in [2.05, 4.69) is 15.4 Å². The summed E-state index contributed by atoms with van der Waals surface area (Å²) in [5.74, 6) is 0.479. The zero-order chi connectivity index (χ0) is 13.5. The highest BCUT2D eigenvalue weighted by molar-refractivity contribution is 14.0. The largest absolute Gasteiger partial charge is 0.370 e. The van der Waals surface area contributed by atoms with E-state index in [9.17, 15) is 0 Å². The summed E-state index contributed by atoms with van der Waals surface area (Å²) in [5, 5.41) is 7.22. The van der Waals surface area contributed by atoms with Crippen LogP contribution in [0.15, 0.2) is 47.7 Å². The van der Waals surface area contributed by atoms with Crippen molar-refractivity contribution in [3.05, 3.63) is 53.9 Å². The van der Waals surface area contributed by atoms with E-state index in [-0.39, 0.29) is 24.0 Å². The lowest BCUT2D eigenvalue weighted by atomic mass is 10.2. The van der Waals surface area contributed by atoms with Crippen LogP contribution >= 0.6 is 24.0 Å². The van der Waals surface area contributed by atoms with E-state index >= 15 is 0 Å². The number of aromatic nitrogens is 2. The summed E-state index contributed by atoms with van der Waals surface area (Å²) in [7, 11) is 1.91. The first-order chi connectivity index (χ1) is 9.24. The molecule has 0 aliphatic rings. The lowest BCUT2D eigenvalue weighted by Crippen LogP contribution is -2.33. The van der Waals surface area contributed by atoms with E-state index in [1.807, 2.05) is 49.8 Å². The van der Waals surface area contributed by atoms with Gasteiger partial charge in [-0.3, -0.25) is 4.68 Å². The Labute approximate surface area is 136 Å². The fourth-order valence-electron chi connectivity index (χ4n) is 1.75. The molecule has 0 fully saturated rings. The van der Waals surface area contributed by atoms with Crippen LogP contribution in [0.2, 0.25) is 0 Å². The maximum Gasteiger partial charge on any atom is 0.188 e. The quantitative estimate of drug-likeness (QED) is 0.468. The van der Waals surface area contributed by atoms with E-state index in [1.54, 1.807) is 4.68 Å². The van der Waals surface area contributed by atoms with Crippen molar-refractivity contribution >= 4 is 29.9 Å². The molecule has 0 amide bonds. The van der Waals surface area contributed by atoms with E-state index in [1.165, 1.54) is 5.56 Å². The summed E-state index contributed by atoms with van der Waals surface area (Å²) < 4.78 is 1.79. The van der Waals surface area contributed by atoms with Gasteiger partial charge in [-0.2, -0.15) is 5.10 Å². The van der Waals surface area contributed by atoms with Crippen LogP contribution in [0.25, 0.3) is 0 Å². The Kier molecular flexibility index (Phi) is 7.06. The molecule has 0 atom stereocenters. The Balaban J connectivity index is 0.00000200. The number of nitrogens with two attached hydrogens (primary N) is 1. The van der Waals surface area contributed by atoms with Crippen LogP contribution < -0.4 is 11.1 Å². The Morgan fingerprint density at radius 1 is 1.30 bits per heavy atom. The lowest BCUT2D eigenvalue weighted by molar-refractivity contribution is 0.766. The topological polar surface area (TPSA) is 68.2 Å². The van der Waals surface area contributed by atoms with Crippen LogP contribution in [0.4, 0.5) is 0 Å². The van der Waals surface area contributed by atoms with Gasteiger partial charge >= 0.3 is 0 Å². The van der Waals surface area contributed by atoms with Gasteiger partial charge in [-0.15, -0.1) is 24.0 Å². The van der Waals surface area contributed by atoms with Crippen LogP contribution in [0.3, 0.4) is 0 Å². The number of rotatable bonds is 5. The minimum absolute atomic E-state index is 0. The predicted molar refractivity (Wildman–Crippen MR) is 92.1 cm³/mol. The second-order valence-corrected chi connectivity index (χ2v) is 4.39. The molecule has 20 heavy (non-hydrogen) atoms. The molecule has 108 valence electrons. The number of benzene rings is 1. The maximum atomic E-state index is 5.81. The minimum Gasteiger partial charge on any atom is -0.370 e. The third kappa shape index (κ3) is 5.60. The van der Waals surface area contributed by atoms with Gasteiger partial charge in [0, 0.05) is 19.8 Å². The third-order valence-corrected chi connectivity index (χ3v) is 2.75. The summed E-state index contributed by atoms with van der Waals surface area (Å²) in [4.78, 5) is 4.29. The van der Waals surface area contributed by atoms with Gasteiger partial charge in [-0.05, 0) is 17.5 Å². The highest BCUT2D eigenvalue weighted by Gasteiger charge is 1.97. The smallest absolute Gasteiger partial charge is 0.188 e. The molecule has 2 aromatic rings. The second kappa shape index (κ2) is 8.57. The fraction of sp³-hybridized carbons (Fsp3) is 0.286. The molecule has 6 heteroatoms. The average Bonchev–Trinajstić information content (AvgIpc) is 2.83. The summed E-state index contributed by atoms with van der Waals surface area (Å²) in [6, 6.07) is 10.1. The standard InChI is InChI=1S/C14H19N5.HI/c1-19-11-13(10-18-19)7-8-16-14(15)17-9-12-5-3-2-4-6-12;/h2-6,10-11H,7-9H2,1H3,(H3,15,16,17);1H. The van der Waals surface area contributed by atoms with Gasteiger partial charge in [0.15, 0.2) is 5.96 Å². The van der Waals surface area contributed by atoms with Crippen molar-refractivity contribution in [2.75, 3.05) is 6.54 Å². The van der Waals surface area contributed by atoms with Crippen LogP contribution in [0, 0.1) is 0 Å². The number of halogens is 1. The Bertz CT molecular complexity index is 536. The van der Waals surface area contributed by atoms with Crippen molar-refractivity contribution in [3.8, 4) is 0 Å². The number of aliphatic imine (C=N–C) groups is 1. The molecular weight excluding hydrogens is 365 g/mol. The van der Waals surface area contributed by atoms with Crippen molar-refractivity contribution in [2.45, 2.75) is 13.0 Å². The highest BCUT2D eigenvalue weighted by Crippen LogP contribution is 1.99.